The third-order valence-corrected chi connectivity index (χ3v) is 3.80. The van der Waals surface area contributed by atoms with E-state index in [2.05, 4.69) is 5.32 Å². The fraction of sp³-hybridized carbons (Fsp3) is 0.438. The van der Waals surface area contributed by atoms with Crippen LogP contribution in [-0.4, -0.2) is 35.5 Å². The van der Waals surface area contributed by atoms with E-state index in [0.717, 1.165) is 11.3 Å². The molecule has 1 aliphatic rings. The van der Waals surface area contributed by atoms with Crippen molar-refractivity contribution in [2.45, 2.75) is 38.6 Å². The van der Waals surface area contributed by atoms with E-state index in [0.29, 0.717) is 19.3 Å². The fourth-order valence-corrected chi connectivity index (χ4v) is 2.56. The molecule has 0 aromatic heterocycles. The summed E-state index contributed by atoms with van der Waals surface area (Å²) in [5, 5.41) is 11.4. The van der Waals surface area contributed by atoms with Crippen LogP contribution in [0.1, 0.15) is 31.7 Å². The number of nitrogens with one attached hydrogen (secondary N) is 1. The quantitative estimate of drug-likeness (QED) is 0.830. The minimum atomic E-state index is -1.05. The van der Waals surface area contributed by atoms with E-state index in [9.17, 15) is 14.4 Å². The number of anilines is 1. The lowest BCUT2D eigenvalue weighted by molar-refractivity contribution is -0.141. The molecule has 1 aliphatic heterocycles. The number of aliphatic carboxylic acids is 1. The molecule has 1 aromatic rings. The molecular formula is C16H20N2O4. The van der Waals surface area contributed by atoms with Crippen molar-refractivity contribution in [2.24, 2.45) is 0 Å². The largest absolute Gasteiger partial charge is 0.480 e. The molecular weight excluding hydrogens is 284 g/mol. The van der Waals surface area contributed by atoms with Crippen LogP contribution < -0.4 is 10.2 Å². The third kappa shape index (κ3) is 3.63. The fourth-order valence-electron chi connectivity index (χ4n) is 2.56. The third-order valence-electron chi connectivity index (χ3n) is 3.80. The SMILES string of the molecule is CCC(NC(=O)CCN1C(=O)CCc2ccccc21)C(=O)O. The second-order valence-corrected chi connectivity index (χ2v) is 5.29. The smallest absolute Gasteiger partial charge is 0.326 e. The minimum Gasteiger partial charge on any atom is -0.480 e. The zero-order valence-corrected chi connectivity index (χ0v) is 12.5. The van der Waals surface area contributed by atoms with Crippen molar-refractivity contribution in [3.05, 3.63) is 29.8 Å². The molecule has 1 heterocycles. The molecule has 22 heavy (non-hydrogen) atoms. The summed E-state index contributed by atoms with van der Waals surface area (Å²) in [6.07, 6.45) is 1.57. The number of carbonyl (C=O) groups is 3. The van der Waals surface area contributed by atoms with Gasteiger partial charge in [0.2, 0.25) is 11.8 Å². The molecule has 0 fully saturated rings. The molecule has 0 bridgehead atoms. The second-order valence-electron chi connectivity index (χ2n) is 5.29. The number of carboxylic acid groups (broad SMARTS) is 1. The number of fused-ring (bicyclic) bond motifs is 1. The summed E-state index contributed by atoms with van der Waals surface area (Å²) in [5.41, 5.74) is 1.94. The molecule has 0 spiro atoms. The van der Waals surface area contributed by atoms with Gasteiger partial charge in [-0.05, 0) is 24.5 Å². The van der Waals surface area contributed by atoms with Crippen LogP contribution in [0.25, 0.3) is 0 Å². The minimum absolute atomic E-state index is 0.00299. The van der Waals surface area contributed by atoms with Crippen molar-refractivity contribution in [1.29, 1.82) is 0 Å². The van der Waals surface area contributed by atoms with E-state index < -0.39 is 12.0 Å². The van der Waals surface area contributed by atoms with Crippen LogP contribution in [0, 0.1) is 0 Å². The molecule has 2 N–H and O–H groups in total. The van der Waals surface area contributed by atoms with Crippen molar-refractivity contribution in [1.82, 2.24) is 5.32 Å². The number of nitrogens with zero attached hydrogens (tertiary/aromatic N) is 1. The van der Waals surface area contributed by atoms with Crippen molar-refractivity contribution in [3.8, 4) is 0 Å². The van der Waals surface area contributed by atoms with Gasteiger partial charge in [0.15, 0.2) is 0 Å². The lowest BCUT2D eigenvalue weighted by Crippen LogP contribution is -2.43. The molecule has 118 valence electrons. The summed E-state index contributed by atoms with van der Waals surface area (Å²) < 4.78 is 0. The van der Waals surface area contributed by atoms with Crippen LogP contribution in [0.15, 0.2) is 24.3 Å². The average molecular weight is 304 g/mol. The number of carboxylic acids is 1. The Labute approximate surface area is 129 Å². The van der Waals surface area contributed by atoms with E-state index in [4.69, 9.17) is 5.11 Å². The van der Waals surface area contributed by atoms with Crippen molar-refractivity contribution in [3.63, 3.8) is 0 Å². The number of hydrogen-bond donors (Lipinski definition) is 2. The van der Waals surface area contributed by atoms with Gasteiger partial charge >= 0.3 is 5.97 Å². The summed E-state index contributed by atoms with van der Waals surface area (Å²) in [4.78, 5) is 36.4. The zero-order valence-electron chi connectivity index (χ0n) is 12.5. The maximum atomic E-state index is 12.1. The summed E-state index contributed by atoms with van der Waals surface area (Å²) >= 11 is 0. The van der Waals surface area contributed by atoms with Crippen LogP contribution in [0.3, 0.4) is 0 Å². The van der Waals surface area contributed by atoms with Gasteiger partial charge in [-0.15, -0.1) is 0 Å². The average Bonchev–Trinajstić information content (AvgIpc) is 2.51. The topological polar surface area (TPSA) is 86.7 Å². The Morgan fingerprint density at radius 3 is 2.73 bits per heavy atom. The lowest BCUT2D eigenvalue weighted by Gasteiger charge is -2.29. The molecule has 1 aromatic carbocycles. The maximum Gasteiger partial charge on any atom is 0.326 e. The maximum absolute atomic E-state index is 12.1. The van der Waals surface area contributed by atoms with Crippen molar-refractivity contribution >= 4 is 23.5 Å². The first kappa shape index (κ1) is 16.0. The summed E-state index contributed by atoms with van der Waals surface area (Å²) in [6, 6.07) is 6.76. The lowest BCUT2D eigenvalue weighted by atomic mass is 10.0. The Kier molecular flexibility index (Phi) is 5.14. The van der Waals surface area contributed by atoms with Gasteiger partial charge in [-0.25, -0.2) is 4.79 Å². The number of carbonyl (C=O) groups excluding carboxylic acids is 2. The highest BCUT2D eigenvalue weighted by molar-refractivity contribution is 5.97. The number of para-hydroxylation sites is 1. The first-order chi connectivity index (χ1) is 10.5. The van der Waals surface area contributed by atoms with Gasteiger partial charge in [0.25, 0.3) is 0 Å². The highest BCUT2D eigenvalue weighted by Crippen LogP contribution is 2.27. The monoisotopic (exact) mass is 304 g/mol. The molecule has 0 radical (unpaired) electrons. The van der Waals surface area contributed by atoms with E-state index in [1.165, 1.54) is 0 Å². The van der Waals surface area contributed by atoms with E-state index in [1.807, 2.05) is 24.3 Å². The van der Waals surface area contributed by atoms with Crippen LogP contribution in [0.4, 0.5) is 5.69 Å². The van der Waals surface area contributed by atoms with Crippen LogP contribution in [-0.2, 0) is 20.8 Å². The Balaban J connectivity index is 1.98. The first-order valence-electron chi connectivity index (χ1n) is 7.43. The standard InChI is InChI=1S/C16H20N2O4/c1-2-12(16(21)22)17-14(19)9-10-18-13-6-4-3-5-11(13)7-8-15(18)20/h3-6,12H,2,7-10H2,1H3,(H,17,19)(H,21,22). The van der Waals surface area contributed by atoms with Gasteiger partial charge in [0.05, 0.1) is 0 Å². The molecule has 0 saturated heterocycles. The van der Waals surface area contributed by atoms with Gasteiger partial charge in [-0.1, -0.05) is 25.1 Å². The number of benzene rings is 1. The van der Waals surface area contributed by atoms with Crippen LogP contribution in [0.5, 0.6) is 0 Å². The molecule has 6 heteroatoms. The normalized spacial score (nSPS) is 15.1. The summed E-state index contributed by atoms with van der Waals surface area (Å²) in [6.45, 7) is 1.96. The van der Waals surface area contributed by atoms with Gasteiger partial charge in [-0.3, -0.25) is 9.59 Å². The van der Waals surface area contributed by atoms with Crippen molar-refractivity contribution in [2.75, 3.05) is 11.4 Å². The molecule has 0 aliphatic carbocycles. The van der Waals surface area contributed by atoms with Gasteiger partial charge < -0.3 is 15.3 Å². The summed E-state index contributed by atoms with van der Waals surface area (Å²) in [5.74, 6) is -1.41. The Morgan fingerprint density at radius 1 is 1.32 bits per heavy atom. The molecule has 1 atom stereocenters. The number of hydrogen-bond acceptors (Lipinski definition) is 3. The van der Waals surface area contributed by atoms with Gasteiger partial charge in [-0.2, -0.15) is 0 Å². The first-order valence-corrected chi connectivity index (χ1v) is 7.43. The van der Waals surface area contributed by atoms with Gasteiger partial charge in [0.1, 0.15) is 6.04 Å². The van der Waals surface area contributed by atoms with E-state index in [1.54, 1.807) is 11.8 Å². The molecule has 2 amide bonds. The van der Waals surface area contributed by atoms with Crippen LogP contribution in [0.2, 0.25) is 0 Å². The van der Waals surface area contributed by atoms with E-state index >= 15 is 0 Å². The second kappa shape index (κ2) is 7.06. The predicted molar refractivity (Wildman–Crippen MR) is 81.6 cm³/mol. The highest BCUT2D eigenvalue weighted by atomic mass is 16.4. The Hall–Kier alpha value is -2.37. The Morgan fingerprint density at radius 2 is 2.05 bits per heavy atom. The highest BCUT2D eigenvalue weighted by Gasteiger charge is 2.24. The Bertz CT molecular complexity index is 585. The number of aryl methyl sites for hydroxylation is 1. The zero-order chi connectivity index (χ0) is 16.1. The van der Waals surface area contributed by atoms with Crippen LogP contribution >= 0.6 is 0 Å². The summed E-state index contributed by atoms with van der Waals surface area (Å²) in [7, 11) is 0. The molecule has 0 saturated carbocycles. The molecule has 6 nitrogen and oxygen atoms in total. The molecule has 1 unspecified atom stereocenters. The van der Waals surface area contributed by atoms with E-state index in [-0.39, 0.29) is 24.8 Å². The van der Waals surface area contributed by atoms with Crippen molar-refractivity contribution < 1.29 is 19.5 Å². The predicted octanol–water partition coefficient (Wildman–Crippen LogP) is 1.34. The molecule has 2 rings (SSSR count). The van der Waals surface area contributed by atoms with Gasteiger partial charge in [0, 0.05) is 25.1 Å². The number of amides is 2. The number of rotatable bonds is 6.